The molecular formula is C20H38O2Si. The molecule has 2 nitrogen and oxygen atoms in total. The Morgan fingerprint density at radius 1 is 1.26 bits per heavy atom. The molecule has 0 aliphatic heterocycles. The number of rotatable bonds is 7. The Bertz CT molecular complexity index is 428. The fraction of sp³-hybridized carbons (Fsp3) is 0.850. The third kappa shape index (κ3) is 6.54. The fourth-order valence-corrected chi connectivity index (χ4v) is 5.87. The van der Waals surface area contributed by atoms with Crippen molar-refractivity contribution in [1.29, 1.82) is 0 Å². The van der Waals surface area contributed by atoms with Gasteiger partial charge in [-0.25, -0.2) is 0 Å². The molecule has 3 heteroatoms. The number of hydrogen-bond donors (Lipinski definition) is 0. The number of aldehydes is 1. The van der Waals surface area contributed by atoms with Crippen molar-refractivity contribution in [2.24, 2.45) is 11.3 Å². The van der Waals surface area contributed by atoms with Crippen molar-refractivity contribution in [3.8, 4) is 0 Å². The minimum atomic E-state index is -1.07. The van der Waals surface area contributed by atoms with Crippen LogP contribution >= 0.6 is 0 Å². The third-order valence-electron chi connectivity index (χ3n) is 4.91. The van der Waals surface area contributed by atoms with Gasteiger partial charge in [-0.15, -0.1) is 0 Å². The van der Waals surface area contributed by atoms with E-state index in [0.717, 1.165) is 19.1 Å². The Balaban J connectivity index is 2.97. The van der Waals surface area contributed by atoms with E-state index >= 15 is 0 Å². The van der Waals surface area contributed by atoms with E-state index in [1.165, 1.54) is 18.0 Å². The van der Waals surface area contributed by atoms with Gasteiger partial charge >= 0.3 is 0 Å². The first kappa shape index (κ1) is 20.6. The summed E-state index contributed by atoms with van der Waals surface area (Å²) < 4.78 is 6.39. The van der Waals surface area contributed by atoms with Gasteiger partial charge in [0.1, 0.15) is 6.29 Å². The second-order valence-electron chi connectivity index (χ2n) is 9.86. The maximum atomic E-state index is 11.0. The van der Waals surface area contributed by atoms with Crippen LogP contribution in [0, 0.1) is 11.3 Å². The van der Waals surface area contributed by atoms with Crippen LogP contribution in [-0.2, 0) is 9.53 Å². The van der Waals surface area contributed by atoms with Crippen molar-refractivity contribution in [2.75, 3.05) is 0 Å². The van der Waals surface area contributed by atoms with E-state index in [4.69, 9.17) is 4.74 Å². The van der Waals surface area contributed by atoms with Gasteiger partial charge in [-0.1, -0.05) is 38.2 Å². The lowest BCUT2D eigenvalue weighted by atomic mass is 9.74. The highest BCUT2D eigenvalue weighted by atomic mass is 28.3. The molecule has 3 atom stereocenters. The lowest BCUT2D eigenvalue weighted by molar-refractivity contribution is -0.115. The van der Waals surface area contributed by atoms with E-state index < -0.39 is 8.07 Å². The largest absolute Gasteiger partial charge is 0.372 e. The Kier molecular flexibility index (Phi) is 6.86. The summed E-state index contributed by atoms with van der Waals surface area (Å²) in [4.78, 5) is 11.0. The molecule has 1 rings (SSSR count). The van der Waals surface area contributed by atoms with Crippen molar-refractivity contribution < 1.29 is 9.53 Å². The lowest BCUT2D eigenvalue weighted by Crippen LogP contribution is -2.39. The van der Waals surface area contributed by atoms with E-state index in [0.29, 0.717) is 12.3 Å². The van der Waals surface area contributed by atoms with Crippen LogP contribution in [-0.4, -0.2) is 26.1 Å². The van der Waals surface area contributed by atoms with Crippen molar-refractivity contribution in [2.45, 2.75) is 97.7 Å². The highest BCUT2D eigenvalue weighted by molar-refractivity contribution is 6.76. The highest BCUT2D eigenvalue weighted by Gasteiger charge is 2.47. The van der Waals surface area contributed by atoms with Gasteiger partial charge < -0.3 is 9.53 Å². The van der Waals surface area contributed by atoms with Crippen LogP contribution in [0.1, 0.15) is 60.3 Å². The smallest absolute Gasteiger partial charge is 0.120 e. The summed E-state index contributed by atoms with van der Waals surface area (Å²) in [7, 11) is -1.07. The molecule has 0 bridgehead atoms. The van der Waals surface area contributed by atoms with Crippen LogP contribution in [0.3, 0.4) is 0 Å². The summed E-state index contributed by atoms with van der Waals surface area (Å²) in [6, 6.07) is 1.26. The van der Waals surface area contributed by atoms with Crippen LogP contribution in [0.2, 0.25) is 25.7 Å². The molecule has 0 amide bonds. The Hall–Kier alpha value is -0.413. The van der Waals surface area contributed by atoms with E-state index in [2.05, 4.69) is 60.3 Å². The molecule has 0 aromatic carbocycles. The van der Waals surface area contributed by atoms with Crippen molar-refractivity contribution >= 4 is 14.4 Å². The summed E-state index contributed by atoms with van der Waals surface area (Å²) in [5, 5.41) is 0. The summed E-state index contributed by atoms with van der Waals surface area (Å²) in [5.74, 6) is 0.533. The van der Waals surface area contributed by atoms with Crippen LogP contribution in [0.15, 0.2) is 11.6 Å². The summed E-state index contributed by atoms with van der Waals surface area (Å²) in [5.41, 5.74) is 1.48. The van der Waals surface area contributed by atoms with Crippen molar-refractivity contribution in [3.05, 3.63) is 11.6 Å². The van der Waals surface area contributed by atoms with Crippen LogP contribution in [0.5, 0.6) is 0 Å². The number of hydrogen-bond acceptors (Lipinski definition) is 2. The summed E-state index contributed by atoms with van der Waals surface area (Å²) >= 11 is 0. The third-order valence-corrected chi connectivity index (χ3v) is 6.53. The monoisotopic (exact) mass is 338 g/mol. The topological polar surface area (TPSA) is 26.3 Å². The molecule has 1 aliphatic carbocycles. The lowest BCUT2D eigenvalue weighted by Gasteiger charge is -2.39. The number of ether oxygens (including phenoxy) is 1. The number of carbonyl (C=O) groups excluding carboxylic acids is 1. The summed E-state index contributed by atoms with van der Waals surface area (Å²) in [6.45, 7) is 18.3. The Labute approximate surface area is 145 Å². The molecule has 23 heavy (non-hydrogen) atoms. The van der Waals surface area contributed by atoms with E-state index in [9.17, 15) is 4.79 Å². The second-order valence-corrected chi connectivity index (χ2v) is 15.3. The zero-order chi connectivity index (χ0) is 17.9. The van der Waals surface area contributed by atoms with Crippen LogP contribution < -0.4 is 0 Å². The molecule has 1 saturated carbocycles. The average Bonchev–Trinajstić information content (AvgIpc) is 2.61. The maximum Gasteiger partial charge on any atom is 0.120 e. The molecule has 0 unspecified atom stereocenters. The fourth-order valence-electron chi connectivity index (χ4n) is 4.08. The van der Waals surface area contributed by atoms with E-state index in [1.807, 2.05) is 0 Å². The van der Waals surface area contributed by atoms with Gasteiger partial charge in [0.25, 0.3) is 0 Å². The standard InChI is InChI=1S/C20H38O2Si/c1-16(15-23(6,7)8)14-17-10-11-18(22-19(2,3)4)20(17,5)12-9-13-21/h13-14,17-18H,9-12,15H2,1-8H3/b16-14+/t17-,18+,20+/m1/s1. The van der Waals surface area contributed by atoms with Gasteiger partial charge in [0.05, 0.1) is 11.7 Å². The predicted molar refractivity (Wildman–Crippen MR) is 103 cm³/mol. The van der Waals surface area contributed by atoms with Gasteiger partial charge in [0.15, 0.2) is 0 Å². The first-order chi connectivity index (χ1) is 10.4. The Morgan fingerprint density at radius 2 is 1.87 bits per heavy atom. The predicted octanol–water partition coefficient (Wildman–Crippen LogP) is 5.85. The van der Waals surface area contributed by atoms with E-state index in [-0.39, 0.29) is 17.1 Å². The minimum Gasteiger partial charge on any atom is -0.372 e. The van der Waals surface area contributed by atoms with Crippen molar-refractivity contribution in [1.82, 2.24) is 0 Å². The quantitative estimate of drug-likeness (QED) is 0.330. The normalized spacial score (nSPS) is 29.8. The SMILES string of the molecule is C/C(=C\[C@H]1CC[C@H](OC(C)(C)C)[C@@]1(C)CCC=O)C[Si](C)(C)C. The molecular weight excluding hydrogens is 300 g/mol. The number of allylic oxidation sites excluding steroid dienone is 2. The molecule has 0 heterocycles. The number of carbonyl (C=O) groups is 1. The van der Waals surface area contributed by atoms with Gasteiger partial charge in [0.2, 0.25) is 0 Å². The molecule has 0 spiro atoms. The van der Waals surface area contributed by atoms with Gasteiger partial charge in [0, 0.05) is 19.9 Å². The zero-order valence-corrected chi connectivity index (χ0v) is 17.7. The molecule has 0 aromatic heterocycles. The van der Waals surface area contributed by atoms with Crippen molar-refractivity contribution in [3.63, 3.8) is 0 Å². The molecule has 0 aromatic rings. The van der Waals surface area contributed by atoms with E-state index in [1.54, 1.807) is 0 Å². The molecule has 0 radical (unpaired) electrons. The zero-order valence-electron chi connectivity index (χ0n) is 16.7. The average molecular weight is 339 g/mol. The van der Waals surface area contributed by atoms with Gasteiger partial charge in [-0.05, 0) is 58.9 Å². The first-order valence-electron chi connectivity index (χ1n) is 9.16. The van der Waals surface area contributed by atoms with Crippen LogP contribution in [0.25, 0.3) is 0 Å². The maximum absolute atomic E-state index is 11.0. The van der Waals surface area contributed by atoms with Gasteiger partial charge in [-0.2, -0.15) is 0 Å². The molecule has 0 N–H and O–H groups in total. The highest BCUT2D eigenvalue weighted by Crippen LogP contribution is 2.50. The summed E-state index contributed by atoms with van der Waals surface area (Å²) in [6.07, 6.45) is 7.68. The molecule has 0 saturated heterocycles. The molecule has 1 fully saturated rings. The van der Waals surface area contributed by atoms with Gasteiger partial charge in [-0.3, -0.25) is 0 Å². The minimum absolute atomic E-state index is 0.0783. The molecule has 134 valence electrons. The van der Waals surface area contributed by atoms with Crippen LogP contribution in [0.4, 0.5) is 0 Å². The molecule has 1 aliphatic rings. The Morgan fingerprint density at radius 3 is 2.35 bits per heavy atom. The first-order valence-corrected chi connectivity index (χ1v) is 12.9. The second kappa shape index (κ2) is 7.65.